The van der Waals surface area contributed by atoms with Gasteiger partial charge in [-0.3, -0.25) is 9.59 Å². The van der Waals surface area contributed by atoms with Gasteiger partial charge in [-0.2, -0.15) is 0 Å². The van der Waals surface area contributed by atoms with E-state index >= 15 is 0 Å². The van der Waals surface area contributed by atoms with Crippen LogP contribution in [0.1, 0.15) is 24.8 Å². The number of methoxy groups -OCH3 is 1. The number of carbonyl (C=O) groups is 5. The van der Waals surface area contributed by atoms with Crippen LogP contribution < -0.4 is 10.6 Å². The summed E-state index contributed by atoms with van der Waals surface area (Å²) in [6, 6.07) is 3.51. The number of alkyl halides is 3. The molecule has 0 radical (unpaired) electrons. The van der Waals surface area contributed by atoms with Crippen molar-refractivity contribution in [2.24, 2.45) is 0 Å². The zero-order chi connectivity index (χ0) is 30.5. The number of halogens is 3. The molecular formula is C24H26Cl3N3O10S. The zero-order valence-electron chi connectivity index (χ0n) is 21.3. The smallest absolute Gasteiger partial charge is 0.407 e. The molecule has 3 amide bonds. The van der Waals surface area contributed by atoms with Crippen LogP contribution in [-0.4, -0.2) is 90.8 Å². The lowest BCUT2D eigenvalue weighted by Crippen LogP contribution is -2.82. The fourth-order valence-corrected chi connectivity index (χ4v) is 5.76. The number of carbonyl (C=O) groups excluding carboxylic acids is 3. The molecule has 2 aliphatic heterocycles. The Morgan fingerprint density at radius 3 is 2.39 bits per heavy atom. The first-order valence-corrected chi connectivity index (χ1v) is 14.0. The maximum atomic E-state index is 13.2. The molecule has 0 spiro atoms. The van der Waals surface area contributed by atoms with Crippen LogP contribution in [0.2, 0.25) is 0 Å². The van der Waals surface area contributed by atoms with Gasteiger partial charge >= 0.3 is 18.0 Å². The lowest BCUT2D eigenvalue weighted by atomic mass is 9.91. The van der Waals surface area contributed by atoms with E-state index in [4.69, 9.17) is 39.5 Å². The van der Waals surface area contributed by atoms with Crippen LogP contribution in [0.15, 0.2) is 35.2 Å². The molecule has 13 nitrogen and oxygen atoms in total. The molecule has 1 aromatic rings. The van der Waals surface area contributed by atoms with E-state index in [1.807, 2.05) is 0 Å². The molecule has 4 atom stereocenters. The number of aliphatic carboxylic acids is 2. The standard InChI is InChI=1S/C24H26Cl3N3O10S/c1-39-24(29-16(32)4-2-3-15(18(33)34)28-22(38)40-11-23(25,26)27)20(37)30-17(19(35)36)13(10-41-21(24)30)9-12-5-7-14(31)8-6-12/h5-8,10,15,17,21,31H,2-4,9,11H2,1H3,(H,28,38)(H,29,32)(H,33,34)(H,35,36)/t15?,17?,21-,24-/m0/s1. The molecule has 0 aliphatic carbocycles. The number of aromatic hydroxyl groups is 1. The number of carboxylic acid groups (broad SMARTS) is 2. The van der Waals surface area contributed by atoms with Crippen molar-refractivity contribution < 1.29 is 48.8 Å². The summed E-state index contributed by atoms with van der Waals surface area (Å²) < 4.78 is 8.16. The number of β-lactam (4-membered cyclic amide) rings is 1. The molecule has 5 N–H and O–H groups in total. The van der Waals surface area contributed by atoms with Gasteiger partial charge in [-0.05, 0) is 47.9 Å². The van der Waals surface area contributed by atoms with E-state index < -0.39 is 63.4 Å². The van der Waals surface area contributed by atoms with E-state index in [9.17, 15) is 39.3 Å². The minimum Gasteiger partial charge on any atom is -0.508 e. The minimum absolute atomic E-state index is 0.0164. The summed E-state index contributed by atoms with van der Waals surface area (Å²) in [4.78, 5) is 62.6. The third-order valence-corrected chi connectivity index (χ3v) is 7.79. The third-order valence-electron chi connectivity index (χ3n) is 6.21. The summed E-state index contributed by atoms with van der Waals surface area (Å²) in [7, 11) is 1.20. The van der Waals surface area contributed by atoms with Gasteiger partial charge in [0.05, 0.1) is 0 Å². The number of rotatable bonds is 12. The summed E-state index contributed by atoms with van der Waals surface area (Å²) in [6.07, 6.45) is -1.35. The molecule has 0 saturated carbocycles. The molecule has 2 unspecified atom stereocenters. The van der Waals surface area contributed by atoms with Crippen LogP contribution in [0.3, 0.4) is 0 Å². The molecule has 1 saturated heterocycles. The summed E-state index contributed by atoms with van der Waals surface area (Å²) in [5.41, 5.74) is -0.666. The predicted octanol–water partition coefficient (Wildman–Crippen LogP) is 2.37. The molecule has 2 heterocycles. The molecule has 224 valence electrons. The number of ether oxygens (including phenoxy) is 2. The molecule has 0 aromatic heterocycles. The summed E-state index contributed by atoms with van der Waals surface area (Å²) in [5, 5.41) is 34.1. The van der Waals surface area contributed by atoms with Crippen molar-refractivity contribution in [2.45, 2.75) is 52.7 Å². The van der Waals surface area contributed by atoms with E-state index in [1.54, 1.807) is 17.5 Å². The van der Waals surface area contributed by atoms with Crippen LogP contribution >= 0.6 is 46.6 Å². The van der Waals surface area contributed by atoms with Gasteiger partial charge in [-0.25, -0.2) is 14.4 Å². The van der Waals surface area contributed by atoms with Gasteiger partial charge in [0.25, 0.3) is 11.6 Å². The molecule has 2 aliphatic rings. The maximum Gasteiger partial charge on any atom is 0.407 e. The lowest BCUT2D eigenvalue weighted by Gasteiger charge is -2.57. The van der Waals surface area contributed by atoms with Gasteiger partial charge in [0, 0.05) is 13.5 Å². The number of benzene rings is 1. The van der Waals surface area contributed by atoms with Gasteiger partial charge in [-0.1, -0.05) is 46.9 Å². The number of carboxylic acids is 2. The van der Waals surface area contributed by atoms with Gasteiger partial charge < -0.3 is 40.3 Å². The Labute approximate surface area is 253 Å². The highest BCUT2D eigenvalue weighted by molar-refractivity contribution is 8.03. The number of phenolic OH excluding ortho intramolecular Hbond substituents is 1. The van der Waals surface area contributed by atoms with E-state index in [-0.39, 0.29) is 31.4 Å². The van der Waals surface area contributed by atoms with Crippen molar-refractivity contribution in [3.05, 3.63) is 40.8 Å². The van der Waals surface area contributed by atoms with Crippen LogP contribution in [0.25, 0.3) is 0 Å². The highest BCUT2D eigenvalue weighted by atomic mass is 35.6. The van der Waals surface area contributed by atoms with Crippen LogP contribution in [-0.2, 0) is 35.1 Å². The number of hydrogen-bond donors (Lipinski definition) is 5. The van der Waals surface area contributed by atoms with Crippen LogP contribution in [0.5, 0.6) is 5.75 Å². The SMILES string of the molecule is CO[C@@]1(NC(=O)CCCC(NC(=O)OCC(Cl)(Cl)Cl)C(=O)O)C(=O)N2C(C(=O)O)C(Cc3ccc(O)cc3)=CS[C@H]21. The number of nitrogens with zero attached hydrogens (tertiary/aromatic N) is 1. The zero-order valence-corrected chi connectivity index (χ0v) is 24.4. The number of phenols is 1. The summed E-state index contributed by atoms with van der Waals surface area (Å²) in [6.45, 7) is -0.613. The Hall–Kier alpha value is -2.91. The fourth-order valence-electron chi connectivity index (χ4n) is 4.29. The number of thioether (sulfide) groups is 1. The first kappa shape index (κ1) is 32.6. The van der Waals surface area contributed by atoms with Crippen molar-refractivity contribution in [1.82, 2.24) is 15.5 Å². The van der Waals surface area contributed by atoms with Gasteiger partial charge in [0.2, 0.25) is 9.70 Å². The molecule has 0 bridgehead atoms. The highest BCUT2D eigenvalue weighted by Crippen LogP contribution is 2.47. The van der Waals surface area contributed by atoms with Crippen LogP contribution in [0, 0.1) is 0 Å². The Kier molecular flexibility index (Phi) is 10.6. The minimum atomic E-state index is -1.88. The third kappa shape index (κ3) is 7.89. The van der Waals surface area contributed by atoms with E-state index in [2.05, 4.69) is 15.4 Å². The second kappa shape index (κ2) is 13.4. The summed E-state index contributed by atoms with van der Waals surface area (Å²) in [5.74, 6) is -4.00. The lowest BCUT2D eigenvalue weighted by molar-refractivity contribution is -0.201. The molecule has 3 rings (SSSR count). The second-order valence-corrected chi connectivity index (χ2v) is 12.6. The normalized spacial score (nSPS) is 22.5. The molecule has 1 aromatic carbocycles. The van der Waals surface area contributed by atoms with Crippen molar-refractivity contribution in [3.8, 4) is 5.75 Å². The van der Waals surface area contributed by atoms with Crippen molar-refractivity contribution >= 4 is 76.4 Å². The fraction of sp³-hybridized carbons (Fsp3) is 0.458. The predicted molar refractivity (Wildman–Crippen MR) is 147 cm³/mol. The average molecular weight is 655 g/mol. The molecular weight excluding hydrogens is 629 g/mol. The van der Waals surface area contributed by atoms with Crippen molar-refractivity contribution in [2.75, 3.05) is 13.7 Å². The number of nitrogens with one attached hydrogen (secondary N) is 2. The van der Waals surface area contributed by atoms with E-state index in [1.165, 1.54) is 19.2 Å². The average Bonchev–Trinajstić information content (AvgIpc) is 2.90. The molecule has 1 fully saturated rings. The van der Waals surface area contributed by atoms with Gasteiger partial charge in [0.15, 0.2) is 6.04 Å². The first-order chi connectivity index (χ1) is 19.2. The van der Waals surface area contributed by atoms with Crippen molar-refractivity contribution in [1.29, 1.82) is 0 Å². The summed E-state index contributed by atoms with van der Waals surface area (Å²) >= 11 is 17.6. The number of amides is 3. The van der Waals surface area contributed by atoms with Crippen LogP contribution in [0.4, 0.5) is 4.79 Å². The quantitative estimate of drug-likeness (QED) is 0.126. The number of alkyl carbamates (subject to hydrolysis) is 1. The first-order valence-electron chi connectivity index (χ1n) is 12.0. The highest BCUT2D eigenvalue weighted by Gasteiger charge is 2.67. The van der Waals surface area contributed by atoms with Gasteiger partial charge in [0.1, 0.15) is 23.8 Å². The van der Waals surface area contributed by atoms with Gasteiger partial charge in [-0.15, -0.1) is 11.8 Å². The number of fused-ring (bicyclic) bond motifs is 1. The Morgan fingerprint density at radius 1 is 1.17 bits per heavy atom. The second-order valence-electron chi connectivity index (χ2n) is 9.08. The Morgan fingerprint density at radius 2 is 1.83 bits per heavy atom. The molecule has 17 heteroatoms. The topological polar surface area (TPSA) is 192 Å². The van der Waals surface area contributed by atoms with Crippen molar-refractivity contribution in [3.63, 3.8) is 0 Å². The largest absolute Gasteiger partial charge is 0.508 e. The van der Waals surface area contributed by atoms with E-state index in [0.29, 0.717) is 5.57 Å². The number of hydrogen-bond acceptors (Lipinski definition) is 9. The van der Waals surface area contributed by atoms with E-state index in [0.717, 1.165) is 22.2 Å². The Balaban J connectivity index is 1.61. The monoisotopic (exact) mass is 653 g/mol. The molecule has 41 heavy (non-hydrogen) atoms. The maximum absolute atomic E-state index is 13.2. The Bertz CT molecular complexity index is 1230.